The summed E-state index contributed by atoms with van der Waals surface area (Å²) in [4.78, 5) is 10.4. The van der Waals surface area contributed by atoms with Crippen molar-refractivity contribution in [1.29, 1.82) is 0 Å². The zero-order valence-corrected chi connectivity index (χ0v) is 14.4. The molecule has 0 atom stereocenters. The molecule has 0 radical (unpaired) electrons. The van der Waals surface area contributed by atoms with Crippen LogP contribution in [-0.2, 0) is 0 Å². The van der Waals surface area contributed by atoms with Crippen LogP contribution in [-0.4, -0.2) is 23.1 Å². The summed E-state index contributed by atoms with van der Waals surface area (Å²) in [6.45, 7) is 6.62. The number of halogens is 1. The molecule has 4 heteroatoms. The van der Waals surface area contributed by atoms with E-state index in [-0.39, 0.29) is 0 Å². The number of benzene rings is 2. The van der Waals surface area contributed by atoms with E-state index in [4.69, 9.17) is 11.6 Å². The molecular formula is C19H22ClN3. The molecule has 1 N–H and O–H groups in total. The van der Waals surface area contributed by atoms with Gasteiger partial charge in [-0.25, -0.2) is 4.98 Å². The topological polar surface area (TPSA) is 31.9 Å². The molecule has 2 aromatic carbocycles. The molecule has 3 aromatic rings. The minimum atomic E-state index is 0.709. The molecule has 0 saturated carbocycles. The zero-order chi connectivity index (χ0) is 16.2. The third kappa shape index (κ3) is 3.50. The molecule has 23 heavy (non-hydrogen) atoms. The van der Waals surface area contributed by atoms with Gasteiger partial charge in [0.15, 0.2) is 0 Å². The number of hydrogen-bond acceptors (Lipinski definition) is 2. The van der Waals surface area contributed by atoms with Crippen LogP contribution in [0.25, 0.3) is 22.4 Å². The van der Waals surface area contributed by atoms with Gasteiger partial charge in [0.05, 0.1) is 11.0 Å². The number of anilines is 1. The highest BCUT2D eigenvalue weighted by molar-refractivity contribution is 6.31. The smallest absolute Gasteiger partial charge is 0.138 e. The third-order valence-corrected chi connectivity index (χ3v) is 4.17. The molecule has 0 amide bonds. The number of rotatable bonds is 6. The fourth-order valence-corrected chi connectivity index (χ4v) is 3.02. The standard InChI is InChI=1S/C19H22ClN3/c1-3-11-23(12-4-2)16-8-5-14(6-9-16)19-21-17-10-7-15(20)13-18(17)22-19/h5-10,13H,3-4,11-12H2,1-2H3,(H,21,22). The average Bonchev–Trinajstić information content (AvgIpc) is 2.98. The quantitative estimate of drug-likeness (QED) is 0.647. The Kier molecular flexibility index (Phi) is 4.87. The van der Waals surface area contributed by atoms with Crippen LogP contribution in [0.2, 0.25) is 5.02 Å². The van der Waals surface area contributed by atoms with Crippen molar-refractivity contribution in [3.8, 4) is 11.4 Å². The van der Waals surface area contributed by atoms with Crippen molar-refractivity contribution in [3.05, 3.63) is 47.5 Å². The van der Waals surface area contributed by atoms with Crippen molar-refractivity contribution in [3.63, 3.8) is 0 Å². The predicted molar refractivity (Wildman–Crippen MR) is 99.3 cm³/mol. The minimum Gasteiger partial charge on any atom is -0.372 e. The fraction of sp³-hybridized carbons (Fsp3) is 0.316. The summed E-state index contributed by atoms with van der Waals surface area (Å²) in [5.41, 5.74) is 4.27. The number of fused-ring (bicyclic) bond motifs is 1. The highest BCUT2D eigenvalue weighted by Gasteiger charge is 2.08. The molecule has 1 aromatic heterocycles. The molecule has 0 aliphatic heterocycles. The normalized spacial score (nSPS) is 11.1. The van der Waals surface area contributed by atoms with E-state index >= 15 is 0 Å². The lowest BCUT2D eigenvalue weighted by atomic mass is 10.1. The van der Waals surface area contributed by atoms with Gasteiger partial charge in [-0.15, -0.1) is 0 Å². The monoisotopic (exact) mass is 327 g/mol. The summed E-state index contributed by atoms with van der Waals surface area (Å²) >= 11 is 6.03. The lowest BCUT2D eigenvalue weighted by Crippen LogP contribution is -2.24. The highest BCUT2D eigenvalue weighted by Crippen LogP contribution is 2.25. The summed E-state index contributed by atoms with van der Waals surface area (Å²) in [5, 5.41) is 0.709. The van der Waals surface area contributed by atoms with Crippen LogP contribution in [0.4, 0.5) is 5.69 Å². The largest absolute Gasteiger partial charge is 0.372 e. The Morgan fingerprint density at radius 1 is 1.00 bits per heavy atom. The average molecular weight is 328 g/mol. The number of nitrogens with zero attached hydrogens (tertiary/aromatic N) is 2. The Morgan fingerprint density at radius 2 is 1.70 bits per heavy atom. The number of aromatic nitrogens is 2. The molecule has 3 rings (SSSR count). The molecule has 0 aliphatic rings. The molecule has 0 saturated heterocycles. The van der Waals surface area contributed by atoms with Crippen molar-refractivity contribution in [2.45, 2.75) is 26.7 Å². The van der Waals surface area contributed by atoms with Crippen LogP contribution >= 0.6 is 11.6 Å². The lowest BCUT2D eigenvalue weighted by Gasteiger charge is -2.23. The summed E-state index contributed by atoms with van der Waals surface area (Å²) in [6, 6.07) is 14.4. The van der Waals surface area contributed by atoms with Crippen molar-refractivity contribution in [2.75, 3.05) is 18.0 Å². The number of hydrogen-bond donors (Lipinski definition) is 1. The van der Waals surface area contributed by atoms with Gasteiger partial charge in [-0.2, -0.15) is 0 Å². The first kappa shape index (κ1) is 15.9. The molecule has 3 nitrogen and oxygen atoms in total. The highest BCUT2D eigenvalue weighted by atomic mass is 35.5. The predicted octanol–water partition coefficient (Wildman–Crippen LogP) is 5.51. The Bertz CT molecular complexity index is 771. The van der Waals surface area contributed by atoms with Gasteiger partial charge in [-0.1, -0.05) is 25.4 Å². The van der Waals surface area contributed by atoms with Gasteiger partial charge in [0.2, 0.25) is 0 Å². The van der Waals surface area contributed by atoms with Crippen LogP contribution in [0.5, 0.6) is 0 Å². The minimum absolute atomic E-state index is 0.709. The van der Waals surface area contributed by atoms with Gasteiger partial charge in [0, 0.05) is 29.4 Å². The molecule has 0 unspecified atom stereocenters. The second-order valence-electron chi connectivity index (χ2n) is 5.78. The first-order valence-corrected chi connectivity index (χ1v) is 8.59. The van der Waals surface area contributed by atoms with Gasteiger partial charge >= 0.3 is 0 Å². The molecule has 0 spiro atoms. The van der Waals surface area contributed by atoms with Crippen molar-refractivity contribution < 1.29 is 0 Å². The van der Waals surface area contributed by atoms with Crippen molar-refractivity contribution in [1.82, 2.24) is 9.97 Å². The maximum Gasteiger partial charge on any atom is 0.138 e. The fourth-order valence-electron chi connectivity index (χ4n) is 2.86. The Balaban J connectivity index is 1.88. The van der Waals surface area contributed by atoms with E-state index in [0.717, 1.165) is 48.4 Å². The molecule has 0 bridgehead atoms. The molecule has 120 valence electrons. The Morgan fingerprint density at radius 3 is 2.35 bits per heavy atom. The molecule has 0 aliphatic carbocycles. The van der Waals surface area contributed by atoms with Crippen LogP contribution < -0.4 is 4.90 Å². The van der Waals surface area contributed by atoms with Gasteiger partial charge in [-0.3, -0.25) is 0 Å². The number of H-pyrrole nitrogens is 1. The van der Waals surface area contributed by atoms with Crippen LogP contribution in [0, 0.1) is 0 Å². The van der Waals surface area contributed by atoms with E-state index in [9.17, 15) is 0 Å². The van der Waals surface area contributed by atoms with E-state index in [2.05, 4.69) is 53.0 Å². The van der Waals surface area contributed by atoms with Gasteiger partial charge in [0.1, 0.15) is 5.82 Å². The van der Waals surface area contributed by atoms with E-state index in [0.29, 0.717) is 5.02 Å². The van der Waals surface area contributed by atoms with Crippen LogP contribution in [0.15, 0.2) is 42.5 Å². The van der Waals surface area contributed by atoms with Gasteiger partial charge in [-0.05, 0) is 55.3 Å². The summed E-state index contributed by atoms with van der Waals surface area (Å²) in [6.07, 6.45) is 2.32. The maximum atomic E-state index is 6.03. The van der Waals surface area contributed by atoms with Crippen LogP contribution in [0.3, 0.4) is 0 Å². The van der Waals surface area contributed by atoms with E-state index in [1.165, 1.54) is 5.69 Å². The van der Waals surface area contributed by atoms with Crippen molar-refractivity contribution in [2.24, 2.45) is 0 Å². The van der Waals surface area contributed by atoms with E-state index in [1.54, 1.807) is 0 Å². The zero-order valence-electron chi connectivity index (χ0n) is 13.6. The lowest BCUT2D eigenvalue weighted by molar-refractivity contribution is 0.745. The molecule has 1 heterocycles. The molecular weight excluding hydrogens is 306 g/mol. The first-order valence-electron chi connectivity index (χ1n) is 8.22. The summed E-state index contributed by atoms with van der Waals surface area (Å²) < 4.78 is 0. The summed E-state index contributed by atoms with van der Waals surface area (Å²) in [7, 11) is 0. The number of imidazole rings is 1. The number of aromatic amines is 1. The van der Waals surface area contributed by atoms with Crippen molar-refractivity contribution >= 4 is 28.3 Å². The Hall–Kier alpha value is -2.00. The second kappa shape index (κ2) is 7.05. The second-order valence-corrected chi connectivity index (χ2v) is 6.22. The summed E-state index contributed by atoms with van der Waals surface area (Å²) in [5.74, 6) is 0.881. The third-order valence-electron chi connectivity index (χ3n) is 3.94. The maximum absolute atomic E-state index is 6.03. The first-order chi connectivity index (χ1) is 11.2. The van der Waals surface area contributed by atoms with Gasteiger partial charge < -0.3 is 9.88 Å². The number of nitrogens with one attached hydrogen (secondary N) is 1. The Labute approximate surface area is 142 Å². The van der Waals surface area contributed by atoms with E-state index < -0.39 is 0 Å². The molecule has 0 fully saturated rings. The van der Waals surface area contributed by atoms with Gasteiger partial charge in [0.25, 0.3) is 0 Å². The van der Waals surface area contributed by atoms with Crippen LogP contribution in [0.1, 0.15) is 26.7 Å². The van der Waals surface area contributed by atoms with E-state index in [1.807, 2.05) is 18.2 Å². The SMILES string of the molecule is CCCN(CCC)c1ccc(-c2nc3cc(Cl)ccc3[nH]2)cc1.